The lowest BCUT2D eigenvalue weighted by atomic mass is 9.99. The normalized spacial score (nSPS) is 18.0. The molecule has 2 atom stereocenters. The molecule has 0 radical (unpaired) electrons. The Morgan fingerprint density at radius 1 is 1.17 bits per heavy atom. The predicted octanol–water partition coefficient (Wildman–Crippen LogP) is 4.09. The van der Waals surface area contributed by atoms with Gasteiger partial charge in [-0.25, -0.2) is 8.42 Å². The molecule has 1 aliphatic heterocycles. The largest absolute Gasteiger partial charge is 0.371 e. The van der Waals surface area contributed by atoms with E-state index in [1.54, 1.807) is 25.1 Å². The van der Waals surface area contributed by atoms with Crippen molar-refractivity contribution in [2.75, 3.05) is 29.0 Å². The molecule has 1 aliphatic rings. The highest BCUT2D eigenvalue weighted by molar-refractivity contribution is 7.92. The number of anilines is 2. The molecule has 1 heterocycles. The minimum Gasteiger partial charge on any atom is -0.371 e. The molecule has 2 aromatic rings. The number of amides is 1. The van der Waals surface area contributed by atoms with Crippen LogP contribution < -0.4 is 14.9 Å². The Bertz CT molecular complexity index is 1000. The number of sulfonamides is 1. The lowest BCUT2D eigenvalue weighted by molar-refractivity contribution is 0.0939. The number of piperidine rings is 1. The van der Waals surface area contributed by atoms with Crippen molar-refractivity contribution in [3.05, 3.63) is 59.2 Å². The van der Waals surface area contributed by atoms with Gasteiger partial charge in [0.05, 0.1) is 18.0 Å². The first kappa shape index (κ1) is 22.2. The maximum absolute atomic E-state index is 12.8. The first-order chi connectivity index (χ1) is 14.1. The van der Waals surface area contributed by atoms with Crippen LogP contribution in [0.5, 0.6) is 0 Å². The first-order valence-electron chi connectivity index (χ1n) is 10.4. The third-order valence-corrected chi connectivity index (χ3v) is 6.23. The molecule has 2 unspecified atom stereocenters. The van der Waals surface area contributed by atoms with Crippen LogP contribution in [0, 0.1) is 12.8 Å². The standard InChI is InChI=1S/C23H31N3O3S/c1-16-7-6-14-26(15-16)20-12-10-19(11-13-20)18(3)24-23(27)21-8-5-9-22(17(21)2)25-30(4,28)29/h5,8-13,16,18,25H,6-7,14-15H2,1-4H3,(H,24,27). The fraction of sp³-hybridized carbons (Fsp3) is 0.435. The van der Waals surface area contributed by atoms with Gasteiger partial charge in [-0.3, -0.25) is 9.52 Å². The highest BCUT2D eigenvalue weighted by Crippen LogP contribution is 2.25. The van der Waals surface area contributed by atoms with Crippen molar-refractivity contribution in [2.45, 2.75) is 39.7 Å². The Morgan fingerprint density at radius 2 is 1.87 bits per heavy atom. The van der Waals surface area contributed by atoms with Gasteiger partial charge in [0.1, 0.15) is 0 Å². The zero-order chi connectivity index (χ0) is 21.9. The molecule has 2 N–H and O–H groups in total. The van der Waals surface area contributed by atoms with E-state index in [4.69, 9.17) is 0 Å². The molecule has 30 heavy (non-hydrogen) atoms. The van der Waals surface area contributed by atoms with Gasteiger partial charge in [0.15, 0.2) is 0 Å². The van der Waals surface area contributed by atoms with Crippen LogP contribution in [0.15, 0.2) is 42.5 Å². The van der Waals surface area contributed by atoms with Crippen molar-refractivity contribution in [1.29, 1.82) is 0 Å². The Labute approximate surface area is 179 Å². The average Bonchev–Trinajstić information content (AvgIpc) is 2.68. The molecular formula is C23H31N3O3S. The van der Waals surface area contributed by atoms with Gasteiger partial charge < -0.3 is 10.2 Å². The second kappa shape index (κ2) is 9.08. The summed E-state index contributed by atoms with van der Waals surface area (Å²) in [6, 6.07) is 13.2. The monoisotopic (exact) mass is 429 g/mol. The molecule has 0 spiro atoms. The lowest BCUT2D eigenvalue weighted by Crippen LogP contribution is -2.34. The van der Waals surface area contributed by atoms with E-state index in [0.29, 0.717) is 22.7 Å². The van der Waals surface area contributed by atoms with Crippen LogP contribution in [0.3, 0.4) is 0 Å². The number of hydrogen-bond acceptors (Lipinski definition) is 4. The van der Waals surface area contributed by atoms with Crippen molar-refractivity contribution < 1.29 is 13.2 Å². The Balaban J connectivity index is 1.69. The van der Waals surface area contributed by atoms with Crippen molar-refractivity contribution in [1.82, 2.24) is 5.32 Å². The summed E-state index contributed by atoms with van der Waals surface area (Å²) in [5, 5.41) is 3.02. The summed E-state index contributed by atoms with van der Waals surface area (Å²) in [6.45, 7) is 8.15. The third kappa shape index (κ3) is 5.53. The molecule has 2 aromatic carbocycles. The van der Waals surface area contributed by atoms with E-state index < -0.39 is 10.0 Å². The predicted molar refractivity (Wildman–Crippen MR) is 123 cm³/mol. The van der Waals surface area contributed by atoms with Gasteiger partial charge in [-0.05, 0) is 68.0 Å². The summed E-state index contributed by atoms with van der Waals surface area (Å²) in [4.78, 5) is 15.2. The fourth-order valence-electron chi connectivity index (χ4n) is 3.95. The van der Waals surface area contributed by atoms with Gasteiger partial charge in [0.25, 0.3) is 5.91 Å². The molecule has 0 saturated carbocycles. The smallest absolute Gasteiger partial charge is 0.252 e. The molecule has 7 heteroatoms. The Morgan fingerprint density at radius 3 is 2.50 bits per heavy atom. The molecule has 1 saturated heterocycles. The van der Waals surface area contributed by atoms with Crippen LogP contribution in [-0.2, 0) is 10.0 Å². The van der Waals surface area contributed by atoms with E-state index >= 15 is 0 Å². The van der Waals surface area contributed by atoms with E-state index in [1.807, 2.05) is 6.92 Å². The number of carbonyl (C=O) groups is 1. The topological polar surface area (TPSA) is 78.5 Å². The van der Waals surface area contributed by atoms with Gasteiger partial charge >= 0.3 is 0 Å². The summed E-state index contributed by atoms with van der Waals surface area (Å²) in [6.07, 6.45) is 3.61. The van der Waals surface area contributed by atoms with Crippen LogP contribution in [0.4, 0.5) is 11.4 Å². The van der Waals surface area contributed by atoms with Gasteiger partial charge in [-0.15, -0.1) is 0 Å². The zero-order valence-corrected chi connectivity index (χ0v) is 18.9. The molecular weight excluding hydrogens is 398 g/mol. The Hall–Kier alpha value is -2.54. The van der Waals surface area contributed by atoms with E-state index in [9.17, 15) is 13.2 Å². The summed E-state index contributed by atoms with van der Waals surface area (Å²) in [5.41, 5.74) is 3.72. The van der Waals surface area contributed by atoms with Crippen molar-refractivity contribution in [3.8, 4) is 0 Å². The van der Waals surface area contributed by atoms with Crippen LogP contribution in [-0.4, -0.2) is 33.7 Å². The second-order valence-electron chi connectivity index (χ2n) is 8.33. The number of hydrogen-bond donors (Lipinski definition) is 2. The van der Waals surface area contributed by atoms with E-state index in [0.717, 1.165) is 24.9 Å². The molecule has 1 fully saturated rings. The fourth-order valence-corrected chi connectivity index (χ4v) is 4.57. The van der Waals surface area contributed by atoms with Gasteiger partial charge in [0.2, 0.25) is 10.0 Å². The SMILES string of the molecule is Cc1c(NS(C)(=O)=O)cccc1C(=O)NC(C)c1ccc(N2CCCC(C)C2)cc1. The molecule has 1 amide bonds. The number of carbonyl (C=O) groups excluding carboxylic acids is 1. The van der Waals surface area contributed by atoms with Crippen molar-refractivity contribution in [3.63, 3.8) is 0 Å². The third-order valence-electron chi connectivity index (χ3n) is 5.64. The molecule has 3 rings (SSSR count). The molecule has 0 aromatic heterocycles. The zero-order valence-electron chi connectivity index (χ0n) is 18.1. The minimum absolute atomic E-state index is 0.169. The van der Waals surface area contributed by atoms with Gasteiger partial charge in [-0.1, -0.05) is 25.1 Å². The maximum Gasteiger partial charge on any atom is 0.252 e. The average molecular weight is 430 g/mol. The molecule has 6 nitrogen and oxygen atoms in total. The van der Waals surface area contributed by atoms with Gasteiger partial charge in [-0.2, -0.15) is 0 Å². The second-order valence-corrected chi connectivity index (χ2v) is 10.1. The van der Waals surface area contributed by atoms with E-state index in [1.165, 1.54) is 18.5 Å². The van der Waals surface area contributed by atoms with Gasteiger partial charge in [0, 0.05) is 24.3 Å². The van der Waals surface area contributed by atoms with Crippen molar-refractivity contribution >= 4 is 27.3 Å². The molecule has 0 aliphatic carbocycles. The van der Waals surface area contributed by atoms with Crippen LogP contribution >= 0.6 is 0 Å². The quantitative estimate of drug-likeness (QED) is 0.725. The number of rotatable bonds is 6. The maximum atomic E-state index is 12.8. The molecule has 162 valence electrons. The van der Waals surface area contributed by atoms with E-state index in [2.05, 4.69) is 46.1 Å². The van der Waals surface area contributed by atoms with Crippen LogP contribution in [0.25, 0.3) is 0 Å². The molecule has 0 bridgehead atoms. The number of benzene rings is 2. The summed E-state index contributed by atoms with van der Waals surface area (Å²) >= 11 is 0. The highest BCUT2D eigenvalue weighted by Gasteiger charge is 2.18. The van der Waals surface area contributed by atoms with Crippen molar-refractivity contribution in [2.24, 2.45) is 5.92 Å². The van der Waals surface area contributed by atoms with Crippen LogP contribution in [0.1, 0.15) is 54.2 Å². The summed E-state index contributed by atoms with van der Waals surface area (Å²) in [7, 11) is -3.41. The lowest BCUT2D eigenvalue weighted by Gasteiger charge is -2.33. The summed E-state index contributed by atoms with van der Waals surface area (Å²) in [5.74, 6) is 0.485. The number of nitrogens with one attached hydrogen (secondary N) is 2. The first-order valence-corrected chi connectivity index (χ1v) is 12.3. The van der Waals surface area contributed by atoms with Crippen LogP contribution in [0.2, 0.25) is 0 Å². The number of nitrogens with zero attached hydrogens (tertiary/aromatic N) is 1. The summed E-state index contributed by atoms with van der Waals surface area (Å²) < 4.78 is 25.5. The Kier molecular flexibility index (Phi) is 6.71. The minimum atomic E-state index is -3.41. The highest BCUT2D eigenvalue weighted by atomic mass is 32.2. The van der Waals surface area contributed by atoms with E-state index in [-0.39, 0.29) is 11.9 Å².